The Morgan fingerprint density at radius 3 is 3.06 bits per heavy atom. The van der Waals surface area contributed by atoms with Gasteiger partial charge in [-0.15, -0.1) is 0 Å². The third kappa shape index (κ3) is 2.64. The lowest BCUT2D eigenvalue weighted by Crippen LogP contribution is -2.51. The Morgan fingerprint density at radius 1 is 1.50 bits per heavy atom. The molecule has 1 heterocycles. The van der Waals surface area contributed by atoms with E-state index >= 15 is 0 Å². The van der Waals surface area contributed by atoms with Crippen LogP contribution < -0.4 is 10.6 Å². The first-order valence-corrected chi connectivity index (χ1v) is 6.36. The van der Waals surface area contributed by atoms with E-state index in [1.807, 2.05) is 0 Å². The van der Waals surface area contributed by atoms with E-state index in [0.717, 1.165) is 19.3 Å². The second kappa shape index (κ2) is 5.67. The lowest BCUT2D eigenvalue weighted by Gasteiger charge is -2.34. The van der Waals surface area contributed by atoms with Crippen LogP contribution >= 0.6 is 0 Å². The van der Waals surface area contributed by atoms with E-state index in [9.17, 15) is 4.79 Å². The van der Waals surface area contributed by atoms with Gasteiger partial charge in [0.2, 0.25) is 0 Å². The number of carbonyl (C=O) groups excluding carboxylic acids is 1. The molecule has 2 fully saturated rings. The highest BCUT2D eigenvalue weighted by Crippen LogP contribution is 2.32. The number of methoxy groups -OCH3 is 2. The molecule has 2 rings (SSSR count). The highest BCUT2D eigenvalue weighted by molar-refractivity contribution is 6.09. The first-order valence-electron chi connectivity index (χ1n) is 6.36. The highest BCUT2D eigenvalue weighted by atomic mass is 16.5. The summed E-state index contributed by atoms with van der Waals surface area (Å²) in [5.41, 5.74) is -0.523. The lowest BCUT2D eigenvalue weighted by atomic mass is 9.80. The predicted molar refractivity (Wildman–Crippen MR) is 67.5 cm³/mol. The summed E-state index contributed by atoms with van der Waals surface area (Å²) in [4.78, 5) is 16.4. The predicted octanol–water partition coefficient (Wildman–Crippen LogP) is 0.0360. The van der Waals surface area contributed by atoms with Crippen molar-refractivity contribution in [1.82, 2.24) is 10.6 Å². The average molecular weight is 255 g/mol. The number of nitrogens with one attached hydrogen (secondary N) is 2. The van der Waals surface area contributed by atoms with Crippen LogP contribution in [0.4, 0.5) is 0 Å². The molecule has 1 amide bonds. The van der Waals surface area contributed by atoms with E-state index < -0.39 is 5.54 Å². The molecule has 18 heavy (non-hydrogen) atoms. The molecule has 2 unspecified atom stereocenters. The molecule has 6 heteroatoms. The van der Waals surface area contributed by atoms with Crippen molar-refractivity contribution in [2.45, 2.75) is 37.3 Å². The Kier molecular flexibility index (Phi) is 4.19. The van der Waals surface area contributed by atoms with Gasteiger partial charge in [-0.2, -0.15) is 0 Å². The fourth-order valence-electron chi connectivity index (χ4n) is 2.61. The van der Waals surface area contributed by atoms with Crippen LogP contribution in [0, 0.1) is 0 Å². The number of guanidine groups is 1. The van der Waals surface area contributed by atoms with Crippen molar-refractivity contribution >= 4 is 11.9 Å². The molecular weight excluding hydrogens is 234 g/mol. The zero-order chi connectivity index (χ0) is 13.0. The van der Waals surface area contributed by atoms with Gasteiger partial charge in [-0.05, 0) is 19.3 Å². The number of ether oxygens (including phenoxy) is 2. The normalized spacial score (nSPS) is 33.8. The Balaban J connectivity index is 2.01. The maximum atomic E-state index is 12.1. The first-order chi connectivity index (χ1) is 8.70. The van der Waals surface area contributed by atoms with Crippen molar-refractivity contribution in [1.29, 1.82) is 0 Å². The molecule has 0 aromatic heterocycles. The van der Waals surface area contributed by atoms with Crippen LogP contribution in [0.3, 0.4) is 0 Å². The van der Waals surface area contributed by atoms with Gasteiger partial charge in [0.15, 0.2) is 5.96 Å². The largest absolute Gasteiger partial charge is 0.383 e. The molecule has 0 radical (unpaired) electrons. The van der Waals surface area contributed by atoms with Gasteiger partial charge in [0, 0.05) is 20.6 Å². The maximum absolute atomic E-state index is 12.1. The molecule has 2 N–H and O–H groups in total. The standard InChI is InChI=1S/C12H21N3O3/c1-17-7-6-13-11-14-10(16)12(15-11)5-3-4-9(8-12)18-2/h9H,3-8H2,1-2H3,(H2,13,14,15,16). The summed E-state index contributed by atoms with van der Waals surface area (Å²) in [6.45, 7) is 1.09. The van der Waals surface area contributed by atoms with Crippen LogP contribution in [0.2, 0.25) is 0 Å². The molecule has 2 atom stereocenters. The summed E-state index contributed by atoms with van der Waals surface area (Å²) < 4.78 is 10.3. The van der Waals surface area contributed by atoms with Crippen LogP contribution in [0.1, 0.15) is 25.7 Å². The van der Waals surface area contributed by atoms with Crippen LogP contribution in [0.25, 0.3) is 0 Å². The number of amides is 1. The topological polar surface area (TPSA) is 72.0 Å². The van der Waals surface area contributed by atoms with Gasteiger partial charge in [0.05, 0.1) is 19.3 Å². The van der Waals surface area contributed by atoms with Crippen molar-refractivity contribution in [3.8, 4) is 0 Å². The van der Waals surface area contributed by atoms with Crippen LogP contribution in [0.15, 0.2) is 4.99 Å². The Labute approximate surface area is 107 Å². The molecule has 2 aliphatic rings. The monoisotopic (exact) mass is 255 g/mol. The van der Waals surface area contributed by atoms with Crippen molar-refractivity contribution < 1.29 is 14.3 Å². The highest BCUT2D eigenvalue weighted by Gasteiger charge is 2.48. The molecule has 102 valence electrons. The number of nitrogens with zero attached hydrogens (tertiary/aromatic N) is 1. The Morgan fingerprint density at radius 2 is 2.33 bits per heavy atom. The maximum Gasteiger partial charge on any atom is 0.252 e. The average Bonchev–Trinajstić information content (AvgIpc) is 2.66. The molecule has 1 saturated carbocycles. The van der Waals surface area contributed by atoms with Crippen LogP contribution in [-0.4, -0.2) is 50.9 Å². The molecule has 0 bridgehead atoms. The number of carbonyl (C=O) groups is 1. The Bertz CT molecular complexity index is 345. The molecule has 1 saturated heterocycles. The quantitative estimate of drug-likeness (QED) is 0.696. The first kappa shape index (κ1) is 13.3. The fraction of sp³-hybridized carbons (Fsp3) is 0.833. The van der Waals surface area contributed by atoms with Gasteiger partial charge in [0.25, 0.3) is 5.91 Å². The van der Waals surface area contributed by atoms with Crippen LogP contribution in [0.5, 0.6) is 0 Å². The Hall–Kier alpha value is -1.14. The van der Waals surface area contributed by atoms with E-state index in [1.165, 1.54) is 0 Å². The van der Waals surface area contributed by atoms with Gasteiger partial charge in [-0.1, -0.05) is 0 Å². The zero-order valence-corrected chi connectivity index (χ0v) is 11.0. The summed E-state index contributed by atoms with van der Waals surface area (Å²) in [5.74, 6) is 0.578. The van der Waals surface area contributed by atoms with Gasteiger partial charge in [0.1, 0.15) is 5.54 Å². The van der Waals surface area contributed by atoms with Crippen molar-refractivity contribution in [2.75, 3.05) is 27.4 Å². The third-order valence-electron chi connectivity index (χ3n) is 3.63. The third-order valence-corrected chi connectivity index (χ3v) is 3.63. The van der Waals surface area contributed by atoms with Gasteiger partial charge < -0.3 is 14.8 Å². The molecule has 1 spiro atoms. The second-order valence-corrected chi connectivity index (χ2v) is 4.84. The van der Waals surface area contributed by atoms with E-state index in [4.69, 9.17) is 9.47 Å². The summed E-state index contributed by atoms with van der Waals surface area (Å²) >= 11 is 0. The smallest absolute Gasteiger partial charge is 0.252 e. The van der Waals surface area contributed by atoms with E-state index in [1.54, 1.807) is 14.2 Å². The molecule has 1 aliphatic heterocycles. The molecular formula is C12H21N3O3. The van der Waals surface area contributed by atoms with Crippen LogP contribution in [-0.2, 0) is 14.3 Å². The second-order valence-electron chi connectivity index (χ2n) is 4.84. The SMILES string of the molecule is COCCN=C1NC(=O)C2(CCCC(OC)C2)N1. The molecule has 0 aromatic carbocycles. The number of hydrogen-bond donors (Lipinski definition) is 2. The van der Waals surface area contributed by atoms with E-state index in [0.29, 0.717) is 25.5 Å². The van der Waals surface area contributed by atoms with Gasteiger partial charge in [-0.25, -0.2) is 0 Å². The fourth-order valence-corrected chi connectivity index (χ4v) is 2.61. The number of aliphatic imine (C=N–C) groups is 1. The minimum absolute atomic E-state index is 0.0143. The van der Waals surface area contributed by atoms with E-state index in [-0.39, 0.29) is 12.0 Å². The van der Waals surface area contributed by atoms with Gasteiger partial charge >= 0.3 is 0 Å². The summed E-state index contributed by atoms with van der Waals surface area (Å²) in [6.07, 6.45) is 3.70. The van der Waals surface area contributed by atoms with Crippen molar-refractivity contribution in [2.24, 2.45) is 4.99 Å². The summed E-state index contributed by atoms with van der Waals surface area (Å²) in [7, 11) is 3.33. The molecule has 0 aromatic rings. The van der Waals surface area contributed by atoms with Gasteiger partial charge in [-0.3, -0.25) is 15.1 Å². The minimum Gasteiger partial charge on any atom is -0.383 e. The minimum atomic E-state index is -0.523. The summed E-state index contributed by atoms with van der Waals surface area (Å²) in [5, 5.41) is 6.04. The van der Waals surface area contributed by atoms with Crippen molar-refractivity contribution in [3.63, 3.8) is 0 Å². The van der Waals surface area contributed by atoms with E-state index in [2.05, 4.69) is 15.6 Å². The lowest BCUT2D eigenvalue weighted by molar-refractivity contribution is -0.126. The summed E-state index contributed by atoms with van der Waals surface area (Å²) in [6, 6.07) is 0. The zero-order valence-electron chi connectivity index (χ0n) is 11.0. The number of rotatable bonds is 4. The van der Waals surface area contributed by atoms with Crippen molar-refractivity contribution in [3.05, 3.63) is 0 Å². The molecule has 6 nitrogen and oxygen atoms in total. The molecule has 1 aliphatic carbocycles. The number of hydrogen-bond acceptors (Lipinski definition) is 4.